The summed E-state index contributed by atoms with van der Waals surface area (Å²) in [5.74, 6) is 1.09. The third kappa shape index (κ3) is 2.54. The lowest BCUT2D eigenvalue weighted by Gasteiger charge is -2.63. The zero-order chi connectivity index (χ0) is 23.3. The Hall–Kier alpha value is -0.900. The molecule has 180 valence electrons. The van der Waals surface area contributed by atoms with Gasteiger partial charge in [-0.25, -0.2) is 4.79 Å². The minimum Gasteiger partial charge on any atom is -0.463 e. The number of fused-ring (bicyclic) bond motifs is 2. The van der Waals surface area contributed by atoms with Crippen molar-refractivity contribution in [2.24, 2.45) is 50.7 Å². The van der Waals surface area contributed by atoms with Gasteiger partial charge in [-0.2, -0.15) is 0 Å². The number of carbonyl (C=O) groups is 2. The molecule has 0 aromatic heterocycles. The van der Waals surface area contributed by atoms with Gasteiger partial charge in [0.1, 0.15) is 0 Å². The molecule has 1 N–H and O–H groups in total. The number of hydrogen-bond acceptors (Lipinski definition) is 4. The van der Waals surface area contributed by atoms with Crippen molar-refractivity contribution in [3.8, 4) is 0 Å². The summed E-state index contributed by atoms with van der Waals surface area (Å²) in [5.41, 5.74) is 1.54. The van der Waals surface area contributed by atoms with Crippen molar-refractivity contribution in [2.75, 3.05) is 7.11 Å². The fraction of sp³-hybridized carbons (Fsp3) is 0.929. The maximum Gasteiger partial charge on any atom is 0.374 e. The normalized spacial score (nSPS) is 51.5. The van der Waals surface area contributed by atoms with Crippen LogP contribution in [0.15, 0.2) is 0 Å². The van der Waals surface area contributed by atoms with Crippen molar-refractivity contribution in [1.29, 1.82) is 0 Å². The largest absolute Gasteiger partial charge is 0.463 e. The Morgan fingerprint density at radius 2 is 1.56 bits per heavy atom. The number of esters is 1. The summed E-state index contributed by atoms with van der Waals surface area (Å²) in [6, 6.07) is 0. The number of aliphatic hydroxyl groups is 1. The molecule has 0 aromatic carbocycles. The molecule has 9 atom stereocenters. The van der Waals surface area contributed by atoms with Gasteiger partial charge in [-0.15, -0.1) is 0 Å². The summed E-state index contributed by atoms with van der Waals surface area (Å²) in [6.07, 6.45) is 11.3. The van der Waals surface area contributed by atoms with Crippen LogP contribution in [0.4, 0.5) is 0 Å². The minimum atomic E-state index is -0.689. The highest BCUT2D eigenvalue weighted by Gasteiger charge is 2.82. The third-order valence-electron chi connectivity index (χ3n) is 12.8. The standard InChI is InChI=1S/C28H44O4/c1-17(15-19(29)23(31)32-6)18-9-11-26(5)21-8-7-20-24(2,3)22(30)10-12-27(20)16-28(21,27)14-13-25(18,26)4/h17-18,20-22,30H,7-16H2,1-6H3/t17-,18-,20+,21+,22+,25-,26+,27-,28+/m1/s1. The van der Waals surface area contributed by atoms with Gasteiger partial charge in [0.25, 0.3) is 0 Å². The van der Waals surface area contributed by atoms with Gasteiger partial charge in [-0.1, -0.05) is 34.6 Å². The maximum atomic E-state index is 12.3. The van der Waals surface area contributed by atoms with Crippen LogP contribution in [0.1, 0.15) is 98.8 Å². The van der Waals surface area contributed by atoms with E-state index >= 15 is 0 Å². The van der Waals surface area contributed by atoms with Gasteiger partial charge < -0.3 is 9.84 Å². The SMILES string of the molecule is COC(=O)C(=O)C[C@@H](C)[C@H]1CC[C@@]2(C)[C@@H]3CC[C@H]4C(C)(C)[C@@H](O)CC[C@@]45C[C@@]35CC[C@]12C. The lowest BCUT2D eigenvalue weighted by Crippen LogP contribution is -2.57. The minimum absolute atomic E-state index is 0.0371. The lowest BCUT2D eigenvalue weighted by molar-refractivity contribution is -0.162. The van der Waals surface area contributed by atoms with Crippen molar-refractivity contribution in [1.82, 2.24) is 0 Å². The molecular formula is C28H44O4. The molecule has 5 saturated carbocycles. The summed E-state index contributed by atoms with van der Waals surface area (Å²) >= 11 is 0. The second kappa shape index (κ2) is 6.83. The molecule has 0 bridgehead atoms. The average molecular weight is 445 g/mol. The second-order valence-electron chi connectivity index (χ2n) is 13.6. The van der Waals surface area contributed by atoms with Gasteiger partial charge in [-0.05, 0) is 109 Å². The highest BCUT2D eigenvalue weighted by Crippen LogP contribution is 2.89. The summed E-state index contributed by atoms with van der Waals surface area (Å²) < 4.78 is 4.68. The van der Waals surface area contributed by atoms with Crippen LogP contribution in [0.2, 0.25) is 0 Å². The molecule has 5 rings (SSSR count). The van der Waals surface area contributed by atoms with Crippen molar-refractivity contribution < 1.29 is 19.4 Å². The van der Waals surface area contributed by atoms with E-state index in [9.17, 15) is 14.7 Å². The fourth-order valence-corrected chi connectivity index (χ4v) is 10.9. The zero-order valence-corrected chi connectivity index (χ0v) is 21.1. The number of ketones is 1. The first-order valence-corrected chi connectivity index (χ1v) is 13.2. The maximum absolute atomic E-state index is 12.3. The van der Waals surface area contributed by atoms with E-state index in [1.54, 1.807) is 0 Å². The molecule has 5 aliphatic carbocycles. The molecule has 0 aromatic rings. The summed E-state index contributed by atoms with van der Waals surface area (Å²) in [5, 5.41) is 10.8. The smallest absolute Gasteiger partial charge is 0.374 e. The van der Waals surface area contributed by atoms with Gasteiger partial charge in [0, 0.05) is 6.42 Å². The van der Waals surface area contributed by atoms with Crippen LogP contribution in [-0.2, 0) is 14.3 Å². The van der Waals surface area contributed by atoms with Gasteiger partial charge in [0.2, 0.25) is 5.78 Å². The molecular weight excluding hydrogens is 400 g/mol. The lowest BCUT2D eigenvalue weighted by atomic mass is 9.41. The Morgan fingerprint density at radius 1 is 0.906 bits per heavy atom. The number of rotatable bonds is 4. The van der Waals surface area contributed by atoms with Crippen molar-refractivity contribution in [2.45, 2.75) is 105 Å². The number of methoxy groups -OCH3 is 1. The van der Waals surface area contributed by atoms with Crippen LogP contribution in [0.5, 0.6) is 0 Å². The van der Waals surface area contributed by atoms with Gasteiger partial charge in [0.05, 0.1) is 13.2 Å². The molecule has 32 heavy (non-hydrogen) atoms. The molecule has 5 aliphatic rings. The molecule has 0 heterocycles. The Kier molecular flexibility index (Phi) is 4.88. The van der Waals surface area contributed by atoms with E-state index in [0.29, 0.717) is 34.5 Å². The molecule has 5 fully saturated rings. The molecule has 4 heteroatoms. The van der Waals surface area contributed by atoms with Crippen LogP contribution in [-0.4, -0.2) is 30.1 Å². The Labute approximate surface area is 194 Å². The third-order valence-corrected chi connectivity index (χ3v) is 12.8. The number of aliphatic hydroxyl groups excluding tert-OH is 1. The van der Waals surface area contributed by atoms with Crippen LogP contribution >= 0.6 is 0 Å². The molecule has 0 saturated heterocycles. The highest BCUT2D eigenvalue weighted by molar-refractivity contribution is 6.33. The summed E-state index contributed by atoms with van der Waals surface area (Å²) in [7, 11) is 1.30. The average Bonchev–Trinajstić information content (AvgIpc) is 3.33. The number of ether oxygens (including phenoxy) is 1. The fourth-order valence-electron chi connectivity index (χ4n) is 10.9. The molecule has 0 aliphatic heterocycles. The molecule has 4 nitrogen and oxygen atoms in total. The summed E-state index contributed by atoms with van der Waals surface area (Å²) in [6.45, 7) is 12.0. The van der Waals surface area contributed by atoms with Crippen LogP contribution in [0.25, 0.3) is 0 Å². The van der Waals surface area contributed by atoms with Crippen molar-refractivity contribution in [3.05, 3.63) is 0 Å². The first-order valence-electron chi connectivity index (χ1n) is 13.2. The van der Waals surface area contributed by atoms with Gasteiger partial charge in [-0.3, -0.25) is 4.79 Å². The Morgan fingerprint density at radius 3 is 2.25 bits per heavy atom. The van der Waals surface area contributed by atoms with E-state index in [2.05, 4.69) is 39.4 Å². The Balaban J connectivity index is 1.42. The van der Waals surface area contributed by atoms with Gasteiger partial charge >= 0.3 is 5.97 Å². The van der Waals surface area contributed by atoms with E-state index in [-0.39, 0.29) is 28.6 Å². The first-order chi connectivity index (χ1) is 14.9. The van der Waals surface area contributed by atoms with E-state index in [0.717, 1.165) is 12.3 Å². The molecule has 2 spiro atoms. The second-order valence-corrected chi connectivity index (χ2v) is 13.6. The van der Waals surface area contributed by atoms with E-state index < -0.39 is 5.97 Å². The Bertz CT molecular complexity index is 833. The predicted octanol–water partition coefficient (Wildman–Crippen LogP) is 5.55. The molecule has 0 unspecified atom stereocenters. The van der Waals surface area contributed by atoms with E-state index in [4.69, 9.17) is 0 Å². The number of hydrogen-bond donors (Lipinski definition) is 1. The number of Topliss-reactive ketones (excluding diaryl/α,β-unsaturated/α-hetero) is 1. The van der Waals surface area contributed by atoms with Crippen LogP contribution in [0, 0.1) is 50.7 Å². The highest BCUT2D eigenvalue weighted by atomic mass is 16.5. The van der Waals surface area contributed by atoms with Crippen molar-refractivity contribution in [3.63, 3.8) is 0 Å². The zero-order valence-electron chi connectivity index (χ0n) is 21.1. The monoisotopic (exact) mass is 444 g/mol. The predicted molar refractivity (Wildman–Crippen MR) is 124 cm³/mol. The number of carbonyl (C=O) groups excluding carboxylic acids is 2. The van der Waals surface area contributed by atoms with E-state index in [1.807, 2.05) is 0 Å². The summed E-state index contributed by atoms with van der Waals surface area (Å²) in [4.78, 5) is 24.1. The molecule has 0 radical (unpaired) electrons. The molecule has 0 amide bonds. The quantitative estimate of drug-likeness (QED) is 0.456. The van der Waals surface area contributed by atoms with Crippen molar-refractivity contribution >= 4 is 11.8 Å². The van der Waals surface area contributed by atoms with Gasteiger partial charge in [0.15, 0.2) is 0 Å². The van der Waals surface area contributed by atoms with Crippen LogP contribution in [0.3, 0.4) is 0 Å². The first kappa shape index (κ1) is 22.9. The van der Waals surface area contributed by atoms with Crippen LogP contribution < -0.4 is 0 Å². The topological polar surface area (TPSA) is 63.6 Å². The van der Waals surface area contributed by atoms with E-state index in [1.165, 1.54) is 58.5 Å².